The van der Waals surface area contributed by atoms with Crippen molar-refractivity contribution in [3.8, 4) is 0 Å². The van der Waals surface area contributed by atoms with Crippen molar-refractivity contribution < 1.29 is 9.59 Å². The van der Waals surface area contributed by atoms with Gasteiger partial charge in [0.25, 0.3) is 0 Å². The molecule has 2 aromatic carbocycles. The predicted molar refractivity (Wildman–Crippen MR) is 94.8 cm³/mol. The summed E-state index contributed by atoms with van der Waals surface area (Å²) < 4.78 is 0. The molecule has 120 valence electrons. The van der Waals surface area contributed by atoms with Gasteiger partial charge in [0.2, 0.25) is 11.8 Å². The minimum Gasteiger partial charge on any atom is -0.326 e. The summed E-state index contributed by atoms with van der Waals surface area (Å²) in [5.41, 5.74) is 0.782. The molecule has 0 spiro atoms. The number of carbonyl (C=O) groups is 2. The lowest BCUT2D eigenvalue weighted by Crippen LogP contribution is -2.21. The molecule has 0 atom stereocenters. The summed E-state index contributed by atoms with van der Waals surface area (Å²) in [6.45, 7) is 0. The van der Waals surface area contributed by atoms with Gasteiger partial charge in [-0.15, -0.1) is 0 Å². The Hall–Kier alpha value is -1.46. The summed E-state index contributed by atoms with van der Waals surface area (Å²) in [7, 11) is 0. The minimum atomic E-state index is -0.514. The summed E-state index contributed by atoms with van der Waals surface area (Å²) >= 11 is 23.4. The van der Waals surface area contributed by atoms with E-state index in [1.165, 1.54) is 24.3 Å². The molecule has 8 heteroatoms. The van der Waals surface area contributed by atoms with Crippen LogP contribution in [0.15, 0.2) is 36.4 Å². The fourth-order valence-corrected chi connectivity index (χ4v) is 2.74. The average Bonchev–Trinajstić information content (AvgIpc) is 2.40. The Morgan fingerprint density at radius 2 is 1.39 bits per heavy atom. The van der Waals surface area contributed by atoms with E-state index < -0.39 is 11.8 Å². The van der Waals surface area contributed by atoms with E-state index in [4.69, 9.17) is 46.4 Å². The molecule has 2 N–H and O–H groups in total. The predicted octanol–water partition coefficient (Wildman–Crippen LogP) is 5.27. The Bertz CT molecular complexity index is 745. The number of hydrogen-bond donors (Lipinski definition) is 2. The van der Waals surface area contributed by atoms with Gasteiger partial charge in [0, 0.05) is 20.8 Å². The molecule has 0 unspecified atom stereocenters. The van der Waals surface area contributed by atoms with Gasteiger partial charge in [-0.1, -0.05) is 46.4 Å². The molecule has 0 fully saturated rings. The molecule has 2 rings (SSSR count). The Morgan fingerprint density at radius 1 is 0.783 bits per heavy atom. The number of hydrogen-bond acceptors (Lipinski definition) is 2. The quantitative estimate of drug-likeness (QED) is 0.697. The molecule has 4 nitrogen and oxygen atoms in total. The van der Waals surface area contributed by atoms with Gasteiger partial charge >= 0.3 is 0 Å². The highest BCUT2D eigenvalue weighted by molar-refractivity contribution is 6.37. The molecule has 0 aliphatic heterocycles. The van der Waals surface area contributed by atoms with Crippen molar-refractivity contribution in [3.05, 3.63) is 56.5 Å². The van der Waals surface area contributed by atoms with Gasteiger partial charge < -0.3 is 10.6 Å². The second-order valence-corrected chi connectivity index (χ2v) is 6.27. The van der Waals surface area contributed by atoms with Crippen LogP contribution in [0.25, 0.3) is 0 Å². The molecule has 0 saturated carbocycles. The monoisotopic (exact) mass is 390 g/mol. The highest BCUT2D eigenvalue weighted by Crippen LogP contribution is 2.25. The molecule has 0 radical (unpaired) electrons. The molecular formula is C15H10Cl4N2O2. The van der Waals surface area contributed by atoms with Gasteiger partial charge in [-0.05, 0) is 36.4 Å². The van der Waals surface area contributed by atoms with Gasteiger partial charge in [0.05, 0.1) is 10.7 Å². The standard InChI is InChI=1S/C15H10Cl4N2O2/c16-8-1-2-13(12(19)6-8)21-15(23)7-14(22)20-11-4-9(17)3-10(18)5-11/h1-6H,7H2,(H,20,22)(H,21,23). The van der Waals surface area contributed by atoms with Crippen LogP contribution in [-0.4, -0.2) is 11.8 Å². The van der Waals surface area contributed by atoms with E-state index in [2.05, 4.69) is 10.6 Å². The smallest absolute Gasteiger partial charge is 0.233 e. The lowest BCUT2D eigenvalue weighted by atomic mass is 10.2. The van der Waals surface area contributed by atoms with Crippen LogP contribution in [0.2, 0.25) is 20.1 Å². The van der Waals surface area contributed by atoms with Crippen LogP contribution in [0.3, 0.4) is 0 Å². The largest absolute Gasteiger partial charge is 0.326 e. The third kappa shape index (κ3) is 5.59. The topological polar surface area (TPSA) is 58.2 Å². The first kappa shape index (κ1) is 17.9. The number of nitrogens with one attached hydrogen (secondary N) is 2. The van der Waals surface area contributed by atoms with Gasteiger partial charge in [-0.25, -0.2) is 0 Å². The highest BCUT2D eigenvalue weighted by atomic mass is 35.5. The normalized spacial score (nSPS) is 10.3. The zero-order chi connectivity index (χ0) is 17.0. The number of amides is 2. The highest BCUT2D eigenvalue weighted by Gasteiger charge is 2.12. The zero-order valence-electron chi connectivity index (χ0n) is 11.5. The molecule has 2 aromatic rings. The van der Waals surface area contributed by atoms with E-state index in [1.807, 2.05) is 0 Å². The maximum absolute atomic E-state index is 11.9. The molecule has 0 aliphatic rings. The number of halogens is 4. The maximum atomic E-state index is 11.9. The molecule has 2 amide bonds. The van der Waals surface area contributed by atoms with E-state index in [9.17, 15) is 9.59 Å². The van der Waals surface area contributed by atoms with Crippen LogP contribution in [-0.2, 0) is 9.59 Å². The number of anilines is 2. The average molecular weight is 392 g/mol. The lowest BCUT2D eigenvalue weighted by molar-refractivity contribution is -0.123. The molecule has 0 bridgehead atoms. The second kappa shape index (κ2) is 7.88. The number of benzene rings is 2. The van der Waals surface area contributed by atoms with E-state index in [0.717, 1.165) is 0 Å². The van der Waals surface area contributed by atoms with Crippen LogP contribution >= 0.6 is 46.4 Å². The molecular weight excluding hydrogens is 382 g/mol. The Kier molecular flexibility index (Phi) is 6.13. The number of carbonyl (C=O) groups excluding carboxylic acids is 2. The summed E-state index contributed by atoms with van der Waals surface area (Å²) in [4.78, 5) is 23.7. The fraction of sp³-hybridized carbons (Fsp3) is 0.0667. The Morgan fingerprint density at radius 3 is 2.00 bits per heavy atom. The summed E-state index contributed by atoms with van der Waals surface area (Å²) in [6.07, 6.45) is -0.386. The van der Waals surface area contributed by atoms with E-state index in [-0.39, 0.29) is 11.4 Å². The van der Waals surface area contributed by atoms with E-state index in [0.29, 0.717) is 26.4 Å². The Labute approximate surface area is 152 Å². The van der Waals surface area contributed by atoms with Crippen molar-refractivity contribution in [3.63, 3.8) is 0 Å². The van der Waals surface area contributed by atoms with E-state index >= 15 is 0 Å². The first-order chi connectivity index (χ1) is 10.8. The fourth-order valence-electron chi connectivity index (χ4n) is 1.76. The molecule has 23 heavy (non-hydrogen) atoms. The lowest BCUT2D eigenvalue weighted by Gasteiger charge is -2.09. The Balaban J connectivity index is 1.95. The molecule has 0 saturated heterocycles. The van der Waals surface area contributed by atoms with Gasteiger partial charge in [-0.3, -0.25) is 9.59 Å². The van der Waals surface area contributed by atoms with Crippen LogP contribution in [0.1, 0.15) is 6.42 Å². The third-order valence-electron chi connectivity index (χ3n) is 2.67. The molecule has 0 aliphatic carbocycles. The van der Waals surface area contributed by atoms with Crippen LogP contribution in [0.5, 0.6) is 0 Å². The van der Waals surface area contributed by atoms with Crippen molar-refractivity contribution in [2.24, 2.45) is 0 Å². The summed E-state index contributed by atoms with van der Waals surface area (Å²) in [5.74, 6) is -1.02. The van der Waals surface area contributed by atoms with Gasteiger partial charge in [0.15, 0.2) is 0 Å². The maximum Gasteiger partial charge on any atom is 0.233 e. The van der Waals surface area contributed by atoms with Crippen LogP contribution in [0.4, 0.5) is 11.4 Å². The van der Waals surface area contributed by atoms with Crippen molar-refractivity contribution in [1.82, 2.24) is 0 Å². The summed E-state index contributed by atoms with van der Waals surface area (Å²) in [5, 5.41) is 6.57. The summed E-state index contributed by atoms with van der Waals surface area (Å²) in [6, 6.07) is 9.22. The minimum absolute atomic E-state index is 0.285. The van der Waals surface area contributed by atoms with E-state index in [1.54, 1.807) is 12.1 Å². The molecule has 0 heterocycles. The van der Waals surface area contributed by atoms with Crippen molar-refractivity contribution >= 4 is 69.6 Å². The second-order valence-electron chi connectivity index (χ2n) is 4.56. The van der Waals surface area contributed by atoms with Gasteiger partial charge in [0.1, 0.15) is 6.42 Å². The zero-order valence-corrected chi connectivity index (χ0v) is 14.5. The SMILES string of the molecule is O=C(CC(=O)Nc1ccc(Cl)cc1Cl)Nc1cc(Cl)cc(Cl)c1. The third-order valence-corrected chi connectivity index (χ3v) is 3.66. The van der Waals surface area contributed by atoms with Crippen molar-refractivity contribution in [2.45, 2.75) is 6.42 Å². The van der Waals surface area contributed by atoms with Crippen LogP contribution in [0, 0.1) is 0 Å². The van der Waals surface area contributed by atoms with Crippen molar-refractivity contribution in [1.29, 1.82) is 0 Å². The number of rotatable bonds is 4. The molecule has 0 aromatic heterocycles. The first-order valence-corrected chi connectivity index (χ1v) is 7.85. The van der Waals surface area contributed by atoms with Crippen molar-refractivity contribution in [2.75, 3.05) is 10.6 Å². The van der Waals surface area contributed by atoms with Gasteiger partial charge in [-0.2, -0.15) is 0 Å². The van der Waals surface area contributed by atoms with Crippen LogP contribution < -0.4 is 10.6 Å². The first-order valence-electron chi connectivity index (χ1n) is 6.34.